The fraction of sp³-hybridized carbons (Fsp3) is 0.276. The summed E-state index contributed by atoms with van der Waals surface area (Å²) in [5.41, 5.74) is 8.74. The molecule has 2 heterocycles. The molecule has 0 radical (unpaired) electrons. The number of rotatable bonds is 13. The summed E-state index contributed by atoms with van der Waals surface area (Å²) in [5.74, 6) is -1.89. The number of carbonyl (C=O) groups is 3. The molecule has 4 rings (SSSR count). The van der Waals surface area contributed by atoms with E-state index in [1.807, 2.05) is 22.9 Å². The van der Waals surface area contributed by atoms with Crippen molar-refractivity contribution in [2.75, 3.05) is 20.0 Å². The van der Waals surface area contributed by atoms with E-state index in [1.54, 1.807) is 44.6 Å². The molecule has 0 aliphatic carbocycles. The molecular formula is C29H31N5O8. The number of methoxy groups -OCH3 is 2. The molecule has 6 N–H and O–H groups in total. The van der Waals surface area contributed by atoms with E-state index in [4.69, 9.17) is 20.3 Å². The average Bonchev–Trinajstić information content (AvgIpc) is 3.30. The number of carbonyl (C=O) groups excluding carboxylic acids is 1. The van der Waals surface area contributed by atoms with Crippen molar-refractivity contribution in [3.05, 3.63) is 81.3 Å². The SMILES string of the molecule is COc1ccc(Cn2cc(CCc3ccc(C(=O)N[C@@H](CCC(=O)O)C(=O)O)cc3)c3c(=O)[nH]c(N)nc32)cc1OC. The number of fused-ring (bicyclic) bond motifs is 1. The molecule has 0 unspecified atom stereocenters. The number of carboxylic acid groups (broad SMARTS) is 2. The lowest BCUT2D eigenvalue weighted by Gasteiger charge is -2.13. The van der Waals surface area contributed by atoms with Crippen molar-refractivity contribution in [3.8, 4) is 11.5 Å². The fourth-order valence-electron chi connectivity index (χ4n) is 4.64. The Bertz CT molecular complexity index is 1680. The average molecular weight is 578 g/mol. The van der Waals surface area contributed by atoms with Crippen molar-refractivity contribution in [1.82, 2.24) is 19.9 Å². The van der Waals surface area contributed by atoms with Crippen LogP contribution in [-0.4, -0.2) is 62.9 Å². The van der Waals surface area contributed by atoms with Gasteiger partial charge in [-0.05, 0) is 60.2 Å². The van der Waals surface area contributed by atoms with Crippen molar-refractivity contribution in [2.24, 2.45) is 0 Å². The molecule has 0 fully saturated rings. The van der Waals surface area contributed by atoms with Gasteiger partial charge in [0.25, 0.3) is 11.5 Å². The van der Waals surface area contributed by atoms with Crippen LogP contribution in [0.1, 0.15) is 39.9 Å². The summed E-state index contributed by atoms with van der Waals surface area (Å²) in [6, 6.07) is 10.8. The van der Waals surface area contributed by atoms with Crippen LogP contribution in [0.25, 0.3) is 11.0 Å². The van der Waals surface area contributed by atoms with Crippen LogP contribution in [0.3, 0.4) is 0 Å². The normalized spacial score (nSPS) is 11.7. The third kappa shape index (κ3) is 6.86. The molecule has 13 nitrogen and oxygen atoms in total. The van der Waals surface area contributed by atoms with Gasteiger partial charge in [0.2, 0.25) is 5.95 Å². The third-order valence-corrected chi connectivity index (χ3v) is 6.77. The minimum absolute atomic E-state index is 0.00711. The first kappa shape index (κ1) is 29.6. The van der Waals surface area contributed by atoms with Gasteiger partial charge in [-0.1, -0.05) is 18.2 Å². The Kier molecular flexibility index (Phi) is 9.10. The van der Waals surface area contributed by atoms with Crippen LogP contribution in [0.4, 0.5) is 5.95 Å². The van der Waals surface area contributed by atoms with Gasteiger partial charge in [0.05, 0.1) is 19.6 Å². The largest absolute Gasteiger partial charge is 0.493 e. The maximum Gasteiger partial charge on any atom is 0.326 e. The molecule has 220 valence electrons. The smallest absolute Gasteiger partial charge is 0.326 e. The predicted octanol–water partition coefficient (Wildman–Crippen LogP) is 2.21. The minimum atomic E-state index is -1.31. The van der Waals surface area contributed by atoms with Gasteiger partial charge in [0, 0.05) is 24.7 Å². The third-order valence-electron chi connectivity index (χ3n) is 6.77. The number of benzene rings is 2. The van der Waals surface area contributed by atoms with E-state index >= 15 is 0 Å². The highest BCUT2D eigenvalue weighted by molar-refractivity contribution is 5.96. The van der Waals surface area contributed by atoms with E-state index in [2.05, 4.69) is 15.3 Å². The first-order valence-electron chi connectivity index (χ1n) is 13.0. The van der Waals surface area contributed by atoms with Gasteiger partial charge in [0.1, 0.15) is 11.7 Å². The number of H-pyrrole nitrogens is 1. The van der Waals surface area contributed by atoms with Crippen molar-refractivity contribution < 1.29 is 34.1 Å². The molecule has 1 amide bonds. The molecule has 0 spiro atoms. The van der Waals surface area contributed by atoms with Crippen LogP contribution in [-0.2, 0) is 29.0 Å². The highest BCUT2D eigenvalue weighted by atomic mass is 16.5. The van der Waals surface area contributed by atoms with Gasteiger partial charge in [-0.2, -0.15) is 4.98 Å². The molecule has 0 saturated heterocycles. The van der Waals surface area contributed by atoms with E-state index in [-0.39, 0.29) is 29.9 Å². The van der Waals surface area contributed by atoms with Gasteiger partial charge in [-0.15, -0.1) is 0 Å². The number of hydrogen-bond donors (Lipinski definition) is 5. The number of anilines is 1. The molecule has 13 heteroatoms. The number of aryl methyl sites for hydroxylation is 2. The van der Waals surface area contributed by atoms with E-state index < -0.39 is 23.9 Å². The molecule has 2 aromatic carbocycles. The molecule has 0 aliphatic heterocycles. The number of carboxylic acids is 2. The second-order valence-electron chi connectivity index (χ2n) is 9.61. The van der Waals surface area contributed by atoms with Gasteiger partial charge in [-0.3, -0.25) is 19.4 Å². The summed E-state index contributed by atoms with van der Waals surface area (Å²) in [7, 11) is 3.12. The predicted molar refractivity (Wildman–Crippen MR) is 153 cm³/mol. The van der Waals surface area contributed by atoms with E-state index in [9.17, 15) is 24.3 Å². The standard InChI is InChI=1S/C29H31N5O8/c1-41-21-11-6-17(13-22(21)42-2)14-34-15-19(24-25(34)32-29(30)33-27(24)38)9-5-16-3-7-18(8-4-16)26(37)31-20(28(39)40)10-12-23(35)36/h3-4,6-8,11,13,15,20H,5,9-10,12,14H2,1-2H3,(H,31,37)(H,35,36)(H,39,40)(H3,30,32,33,38)/t20-/m0/s1. The topological polar surface area (TPSA) is 199 Å². The summed E-state index contributed by atoms with van der Waals surface area (Å²) in [5, 5.41) is 20.9. The van der Waals surface area contributed by atoms with Crippen LogP contribution in [0, 0.1) is 0 Å². The lowest BCUT2D eigenvalue weighted by Crippen LogP contribution is -2.41. The van der Waals surface area contributed by atoms with Gasteiger partial charge in [-0.25, -0.2) is 4.79 Å². The van der Waals surface area contributed by atoms with Gasteiger partial charge in [0.15, 0.2) is 11.5 Å². The second kappa shape index (κ2) is 12.9. The summed E-state index contributed by atoms with van der Waals surface area (Å²) in [6.07, 6.45) is 2.29. The fourth-order valence-corrected chi connectivity index (χ4v) is 4.64. The van der Waals surface area contributed by atoms with Crippen LogP contribution < -0.4 is 26.1 Å². The van der Waals surface area contributed by atoms with E-state index in [0.29, 0.717) is 41.9 Å². The Hall–Kier alpha value is -5.33. The quantitative estimate of drug-likeness (QED) is 0.157. The first-order valence-corrected chi connectivity index (χ1v) is 13.0. The maximum atomic E-state index is 12.9. The Morgan fingerprint density at radius 3 is 2.36 bits per heavy atom. The summed E-state index contributed by atoms with van der Waals surface area (Å²) >= 11 is 0. The lowest BCUT2D eigenvalue weighted by molar-refractivity contribution is -0.140. The number of nitrogen functional groups attached to an aromatic ring is 1. The number of aliphatic carboxylic acids is 2. The first-order chi connectivity index (χ1) is 20.1. The Morgan fingerprint density at radius 2 is 1.71 bits per heavy atom. The zero-order chi connectivity index (χ0) is 30.4. The number of nitrogens with one attached hydrogen (secondary N) is 2. The van der Waals surface area contributed by atoms with Crippen LogP contribution >= 0.6 is 0 Å². The number of amides is 1. The summed E-state index contributed by atoms with van der Waals surface area (Å²) in [4.78, 5) is 54.5. The minimum Gasteiger partial charge on any atom is -0.493 e. The molecule has 0 saturated carbocycles. The number of hydrogen-bond acceptors (Lipinski definition) is 8. The van der Waals surface area contributed by atoms with Crippen molar-refractivity contribution in [2.45, 2.75) is 38.3 Å². The van der Waals surface area contributed by atoms with E-state index in [1.165, 1.54) is 0 Å². The molecule has 0 bridgehead atoms. The molecule has 1 atom stereocenters. The van der Waals surface area contributed by atoms with Gasteiger partial charge < -0.3 is 35.3 Å². The highest BCUT2D eigenvalue weighted by Crippen LogP contribution is 2.29. The number of nitrogens with zero attached hydrogens (tertiary/aromatic N) is 2. The molecule has 0 aliphatic rings. The zero-order valence-electron chi connectivity index (χ0n) is 23.0. The van der Waals surface area contributed by atoms with Crippen LogP contribution in [0.5, 0.6) is 11.5 Å². The molecule has 4 aromatic rings. The Balaban J connectivity index is 1.51. The van der Waals surface area contributed by atoms with E-state index in [0.717, 1.165) is 16.7 Å². The lowest BCUT2D eigenvalue weighted by atomic mass is 10.0. The van der Waals surface area contributed by atoms with Crippen LogP contribution in [0.15, 0.2) is 53.5 Å². The maximum absolute atomic E-state index is 12.9. The second-order valence-corrected chi connectivity index (χ2v) is 9.61. The zero-order valence-corrected chi connectivity index (χ0v) is 23.0. The van der Waals surface area contributed by atoms with Crippen molar-refractivity contribution in [1.29, 1.82) is 0 Å². The number of aromatic amines is 1. The number of ether oxygens (including phenoxy) is 2. The molecule has 42 heavy (non-hydrogen) atoms. The van der Waals surface area contributed by atoms with Crippen LogP contribution in [0.2, 0.25) is 0 Å². The summed E-state index contributed by atoms with van der Waals surface area (Å²) < 4.78 is 12.6. The molecule has 2 aromatic heterocycles. The van der Waals surface area contributed by atoms with Gasteiger partial charge >= 0.3 is 11.9 Å². The highest BCUT2D eigenvalue weighted by Gasteiger charge is 2.22. The molecular weight excluding hydrogens is 546 g/mol. The summed E-state index contributed by atoms with van der Waals surface area (Å²) in [6.45, 7) is 0.403. The number of aromatic nitrogens is 3. The Labute approximate surface area is 239 Å². The Morgan fingerprint density at radius 1 is 1.02 bits per heavy atom. The van der Waals surface area contributed by atoms with Crippen molar-refractivity contribution >= 4 is 34.8 Å². The van der Waals surface area contributed by atoms with Crippen molar-refractivity contribution in [3.63, 3.8) is 0 Å². The number of nitrogens with two attached hydrogens (primary N) is 1. The monoisotopic (exact) mass is 577 g/mol.